The largest absolute Gasteiger partial charge is 0.361 e. The Balaban J connectivity index is 1.44. The van der Waals surface area contributed by atoms with Gasteiger partial charge in [0.2, 0.25) is 0 Å². The first-order valence-electron chi connectivity index (χ1n) is 10.4. The summed E-state index contributed by atoms with van der Waals surface area (Å²) in [5.41, 5.74) is 3.34. The van der Waals surface area contributed by atoms with Crippen molar-refractivity contribution in [2.24, 2.45) is 0 Å². The van der Waals surface area contributed by atoms with E-state index in [-0.39, 0.29) is 11.8 Å². The molecule has 160 valence electrons. The van der Waals surface area contributed by atoms with Crippen molar-refractivity contribution in [1.29, 1.82) is 0 Å². The third kappa shape index (κ3) is 3.40. The van der Waals surface area contributed by atoms with Crippen LogP contribution in [0.5, 0.6) is 0 Å². The zero-order chi connectivity index (χ0) is 22.2. The molecule has 2 heterocycles. The van der Waals surface area contributed by atoms with E-state index in [0.29, 0.717) is 39.7 Å². The molecule has 0 fully saturated rings. The fraction of sp³-hybridized carbons (Fsp3) is 0.120. The number of carbonyl (C=O) groups is 2. The van der Waals surface area contributed by atoms with E-state index in [4.69, 9.17) is 0 Å². The van der Waals surface area contributed by atoms with Crippen LogP contribution in [0.25, 0.3) is 10.9 Å². The lowest BCUT2D eigenvalue weighted by molar-refractivity contribution is 0.0947. The van der Waals surface area contributed by atoms with E-state index < -0.39 is 10.8 Å². The Labute approximate surface area is 187 Å². The van der Waals surface area contributed by atoms with Gasteiger partial charge in [-0.15, -0.1) is 0 Å². The van der Waals surface area contributed by atoms with Crippen molar-refractivity contribution in [1.82, 2.24) is 10.3 Å². The highest BCUT2D eigenvalue weighted by Gasteiger charge is 2.30. The minimum atomic E-state index is -1.51. The van der Waals surface area contributed by atoms with Crippen LogP contribution in [0.4, 0.5) is 5.69 Å². The second-order valence-corrected chi connectivity index (χ2v) is 9.00. The molecule has 6 nitrogen and oxygen atoms in total. The molecule has 1 atom stereocenters. The number of nitrogens with one attached hydrogen (secondary N) is 2. The van der Waals surface area contributed by atoms with Crippen LogP contribution < -0.4 is 10.2 Å². The molecule has 0 saturated carbocycles. The van der Waals surface area contributed by atoms with Crippen molar-refractivity contribution < 1.29 is 13.8 Å². The van der Waals surface area contributed by atoms with Gasteiger partial charge in [0.1, 0.15) is 0 Å². The minimum absolute atomic E-state index is 0.216. The molecule has 3 aromatic carbocycles. The van der Waals surface area contributed by atoms with Crippen LogP contribution in [-0.4, -0.2) is 27.6 Å². The first-order chi connectivity index (χ1) is 15.6. The third-order valence-corrected chi connectivity index (χ3v) is 7.16. The third-order valence-electron chi connectivity index (χ3n) is 5.66. The van der Waals surface area contributed by atoms with Gasteiger partial charge in [0, 0.05) is 30.4 Å². The number of H-pyrrole nitrogens is 1. The van der Waals surface area contributed by atoms with Crippen LogP contribution in [0, 0.1) is 0 Å². The van der Waals surface area contributed by atoms with Gasteiger partial charge in [-0.05, 0) is 60.3 Å². The summed E-state index contributed by atoms with van der Waals surface area (Å²) in [6, 6.07) is 19.9. The number of aromatic amines is 1. The molecular formula is C25H21N3O3S. The number of aromatic nitrogens is 1. The topological polar surface area (TPSA) is 82.3 Å². The number of rotatable bonds is 4. The predicted octanol–water partition coefficient (Wildman–Crippen LogP) is 4.24. The lowest BCUT2D eigenvalue weighted by Gasteiger charge is -2.21. The van der Waals surface area contributed by atoms with E-state index >= 15 is 0 Å². The Morgan fingerprint density at radius 1 is 1.03 bits per heavy atom. The minimum Gasteiger partial charge on any atom is -0.361 e. The first kappa shape index (κ1) is 20.2. The normalized spacial score (nSPS) is 15.2. The Morgan fingerprint density at radius 2 is 1.88 bits per heavy atom. The SMILES string of the molecule is CCN1C(=O)c2ccccc2S(=O)c2ccc(C(=O)NCc3ccc4cc[nH]c4c3)cc21. The molecule has 4 aromatic rings. The molecule has 32 heavy (non-hydrogen) atoms. The second-order valence-electron chi connectivity index (χ2n) is 7.58. The number of carbonyl (C=O) groups excluding carboxylic acids is 2. The number of hydrogen-bond donors (Lipinski definition) is 2. The summed E-state index contributed by atoms with van der Waals surface area (Å²) < 4.78 is 13.2. The van der Waals surface area contributed by atoms with Crippen LogP contribution in [0.2, 0.25) is 0 Å². The highest BCUT2D eigenvalue weighted by Crippen LogP contribution is 2.35. The number of fused-ring (bicyclic) bond motifs is 3. The standard InChI is InChI=1S/C25H21N3O3S/c1-2-28-21-14-18(24(29)27-15-16-7-8-17-11-12-26-20(17)13-16)9-10-23(21)32(31)22-6-4-3-5-19(22)25(28)30/h3-14,26H,2,15H2,1H3,(H,27,29). The summed E-state index contributed by atoms with van der Waals surface area (Å²) in [5.74, 6) is -0.470. The van der Waals surface area contributed by atoms with Crippen molar-refractivity contribution >= 4 is 39.2 Å². The van der Waals surface area contributed by atoms with Gasteiger partial charge < -0.3 is 15.2 Å². The molecule has 0 saturated heterocycles. The van der Waals surface area contributed by atoms with Gasteiger partial charge in [-0.2, -0.15) is 0 Å². The summed E-state index contributed by atoms with van der Waals surface area (Å²) in [6.45, 7) is 2.64. The monoisotopic (exact) mass is 443 g/mol. The molecule has 2 amide bonds. The Bertz CT molecular complexity index is 1390. The fourth-order valence-corrected chi connectivity index (χ4v) is 5.35. The summed E-state index contributed by atoms with van der Waals surface area (Å²) >= 11 is 0. The van der Waals surface area contributed by atoms with Crippen molar-refractivity contribution in [2.75, 3.05) is 11.4 Å². The molecule has 1 aliphatic rings. The lowest BCUT2D eigenvalue weighted by atomic mass is 10.1. The molecule has 1 aromatic heterocycles. The van der Waals surface area contributed by atoms with Crippen molar-refractivity contribution in [3.63, 3.8) is 0 Å². The highest BCUT2D eigenvalue weighted by molar-refractivity contribution is 7.85. The van der Waals surface area contributed by atoms with Gasteiger partial charge >= 0.3 is 0 Å². The van der Waals surface area contributed by atoms with Gasteiger partial charge in [0.15, 0.2) is 0 Å². The quantitative estimate of drug-likeness (QED) is 0.495. The molecule has 0 radical (unpaired) electrons. The van der Waals surface area contributed by atoms with Crippen LogP contribution in [0.15, 0.2) is 82.7 Å². The van der Waals surface area contributed by atoms with Crippen LogP contribution in [-0.2, 0) is 17.3 Å². The number of nitrogens with zero attached hydrogens (tertiary/aromatic N) is 1. The highest BCUT2D eigenvalue weighted by atomic mass is 32.2. The molecule has 5 rings (SSSR count). The number of anilines is 1. The van der Waals surface area contributed by atoms with E-state index in [1.54, 1.807) is 47.4 Å². The van der Waals surface area contributed by atoms with E-state index in [1.165, 1.54) is 0 Å². The summed E-state index contributed by atoms with van der Waals surface area (Å²) in [6.07, 6.45) is 1.88. The summed E-state index contributed by atoms with van der Waals surface area (Å²) in [4.78, 5) is 31.8. The van der Waals surface area contributed by atoms with Crippen LogP contribution in [0.1, 0.15) is 33.2 Å². The van der Waals surface area contributed by atoms with E-state index in [2.05, 4.69) is 10.3 Å². The Kier molecular flexibility index (Phi) is 5.11. The molecular weight excluding hydrogens is 422 g/mol. The zero-order valence-electron chi connectivity index (χ0n) is 17.4. The maximum absolute atomic E-state index is 13.2. The van der Waals surface area contributed by atoms with E-state index in [9.17, 15) is 13.8 Å². The fourth-order valence-electron chi connectivity index (χ4n) is 4.01. The molecule has 2 N–H and O–H groups in total. The maximum atomic E-state index is 13.2. The molecule has 1 unspecified atom stereocenters. The molecule has 0 spiro atoms. The Hall–Kier alpha value is -3.71. The first-order valence-corrected chi connectivity index (χ1v) is 11.5. The summed E-state index contributed by atoms with van der Waals surface area (Å²) in [7, 11) is -1.51. The smallest absolute Gasteiger partial charge is 0.259 e. The molecule has 1 aliphatic heterocycles. The molecule has 0 bridgehead atoms. The molecule has 7 heteroatoms. The van der Waals surface area contributed by atoms with Gasteiger partial charge in [0.05, 0.1) is 31.8 Å². The van der Waals surface area contributed by atoms with Crippen molar-refractivity contribution in [2.45, 2.75) is 23.3 Å². The predicted molar refractivity (Wildman–Crippen MR) is 124 cm³/mol. The maximum Gasteiger partial charge on any atom is 0.259 e. The number of benzene rings is 3. The molecule has 0 aliphatic carbocycles. The van der Waals surface area contributed by atoms with Crippen molar-refractivity contribution in [3.8, 4) is 0 Å². The van der Waals surface area contributed by atoms with Gasteiger partial charge in [0.25, 0.3) is 11.8 Å². The van der Waals surface area contributed by atoms with E-state index in [0.717, 1.165) is 16.5 Å². The second kappa shape index (κ2) is 8.09. The van der Waals surface area contributed by atoms with Crippen LogP contribution in [0.3, 0.4) is 0 Å². The van der Waals surface area contributed by atoms with Gasteiger partial charge in [-0.1, -0.05) is 24.3 Å². The average Bonchev–Trinajstić information content (AvgIpc) is 3.27. The van der Waals surface area contributed by atoms with Gasteiger partial charge in [-0.25, -0.2) is 4.21 Å². The Morgan fingerprint density at radius 3 is 2.72 bits per heavy atom. The lowest BCUT2D eigenvalue weighted by Crippen LogP contribution is -2.31. The van der Waals surface area contributed by atoms with Gasteiger partial charge in [-0.3, -0.25) is 9.59 Å². The summed E-state index contributed by atoms with van der Waals surface area (Å²) in [5, 5.41) is 4.05. The van der Waals surface area contributed by atoms with E-state index in [1.807, 2.05) is 37.4 Å². The van der Waals surface area contributed by atoms with Crippen molar-refractivity contribution in [3.05, 3.63) is 89.6 Å². The zero-order valence-corrected chi connectivity index (χ0v) is 18.2. The number of hydrogen-bond acceptors (Lipinski definition) is 3. The average molecular weight is 444 g/mol. The van der Waals surface area contributed by atoms with Crippen LogP contribution >= 0.6 is 0 Å². The number of amides is 2.